The average Bonchev–Trinajstić information content (AvgIpc) is 3.30. The van der Waals surface area contributed by atoms with Crippen LogP contribution >= 0.6 is 0 Å². The minimum Gasteiger partial charge on any atom is -0.467 e. The maximum atomic E-state index is 13.2. The number of amides is 1. The van der Waals surface area contributed by atoms with Crippen molar-refractivity contribution in [1.82, 2.24) is 19.5 Å². The number of benzene rings is 1. The molecule has 3 heterocycles. The molecule has 0 aliphatic rings. The summed E-state index contributed by atoms with van der Waals surface area (Å²) in [7, 11) is 0. The van der Waals surface area contributed by atoms with E-state index < -0.39 is 17.2 Å². The number of carbonyl (C=O) groups is 1. The lowest BCUT2D eigenvalue weighted by Gasteiger charge is -2.23. The van der Waals surface area contributed by atoms with Gasteiger partial charge in [-0.1, -0.05) is 30.3 Å². The molecule has 10 heteroatoms. The van der Waals surface area contributed by atoms with Crippen LogP contribution in [0.15, 0.2) is 81.3 Å². The van der Waals surface area contributed by atoms with E-state index >= 15 is 0 Å². The van der Waals surface area contributed by atoms with Crippen molar-refractivity contribution in [1.29, 1.82) is 0 Å². The highest BCUT2D eigenvalue weighted by Gasteiger charge is 2.27. The number of anilines is 2. The molecule has 0 spiro atoms. The van der Waals surface area contributed by atoms with Gasteiger partial charge in [0.05, 0.1) is 25.5 Å². The maximum Gasteiger partial charge on any atom is 0.330 e. The van der Waals surface area contributed by atoms with Crippen LogP contribution in [0.4, 0.5) is 11.5 Å². The second kappa shape index (κ2) is 8.49. The quantitative estimate of drug-likeness (QED) is 0.482. The van der Waals surface area contributed by atoms with Crippen LogP contribution in [0.25, 0.3) is 0 Å². The molecule has 31 heavy (non-hydrogen) atoms. The molecule has 3 N–H and O–H groups in total. The van der Waals surface area contributed by atoms with Crippen LogP contribution in [0.2, 0.25) is 0 Å². The van der Waals surface area contributed by atoms with Gasteiger partial charge in [-0.2, -0.15) is 0 Å². The lowest BCUT2D eigenvalue weighted by atomic mass is 10.2. The fraction of sp³-hybridized carbons (Fsp3) is 0.0952. The van der Waals surface area contributed by atoms with Crippen LogP contribution in [0.5, 0.6) is 0 Å². The SMILES string of the molecule is Nc1c(N(Cc2ccco2)C(=O)c2cnccn2)c(=O)[nH]c(=O)n1Cc1ccccc1. The van der Waals surface area contributed by atoms with Gasteiger partial charge in [-0.15, -0.1) is 0 Å². The number of hydrogen-bond donors (Lipinski definition) is 2. The summed E-state index contributed by atoms with van der Waals surface area (Å²) in [6.45, 7) is 0.0163. The number of nitrogens with one attached hydrogen (secondary N) is 1. The molecule has 0 saturated heterocycles. The number of H-pyrrole nitrogens is 1. The van der Waals surface area contributed by atoms with E-state index in [0.29, 0.717) is 5.76 Å². The Labute approximate surface area is 175 Å². The number of nitrogens with zero attached hydrogens (tertiary/aromatic N) is 4. The Morgan fingerprint density at radius 1 is 1.13 bits per heavy atom. The average molecular weight is 418 g/mol. The molecule has 10 nitrogen and oxygen atoms in total. The first-order chi connectivity index (χ1) is 15.0. The van der Waals surface area contributed by atoms with E-state index in [9.17, 15) is 14.4 Å². The number of nitrogens with two attached hydrogens (primary N) is 1. The molecule has 0 aliphatic heterocycles. The molecule has 1 amide bonds. The Bertz CT molecular complexity index is 1300. The van der Waals surface area contributed by atoms with Gasteiger partial charge in [0.2, 0.25) is 0 Å². The van der Waals surface area contributed by atoms with Gasteiger partial charge in [0.25, 0.3) is 11.5 Å². The third-order valence-corrected chi connectivity index (χ3v) is 4.59. The van der Waals surface area contributed by atoms with Crippen LogP contribution in [-0.4, -0.2) is 25.4 Å². The van der Waals surface area contributed by atoms with Crippen molar-refractivity contribution in [3.05, 3.63) is 105 Å². The highest BCUT2D eigenvalue weighted by atomic mass is 16.3. The minimum atomic E-state index is -0.796. The number of hydrogen-bond acceptors (Lipinski definition) is 7. The van der Waals surface area contributed by atoms with Gasteiger partial charge in [0.15, 0.2) is 5.69 Å². The largest absolute Gasteiger partial charge is 0.467 e. The van der Waals surface area contributed by atoms with E-state index in [0.717, 1.165) is 10.5 Å². The van der Waals surface area contributed by atoms with Crippen molar-refractivity contribution in [3.8, 4) is 0 Å². The van der Waals surface area contributed by atoms with Gasteiger partial charge in [-0.05, 0) is 17.7 Å². The first-order valence-corrected chi connectivity index (χ1v) is 9.31. The van der Waals surface area contributed by atoms with Crippen LogP contribution in [0.1, 0.15) is 21.8 Å². The van der Waals surface area contributed by atoms with E-state index in [-0.39, 0.29) is 30.3 Å². The molecule has 3 aromatic heterocycles. The van der Waals surface area contributed by atoms with Crippen molar-refractivity contribution in [2.75, 3.05) is 10.6 Å². The van der Waals surface area contributed by atoms with Crippen LogP contribution in [-0.2, 0) is 13.1 Å². The minimum absolute atomic E-state index is 0.00802. The number of aromatic nitrogens is 4. The molecule has 0 atom stereocenters. The van der Waals surface area contributed by atoms with Crippen LogP contribution < -0.4 is 21.9 Å². The van der Waals surface area contributed by atoms with Gasteiger partial charge in [-0.3, -0.25) is 29.0 Å². The predicted molar refractivity (Wildman–Crippen MR) is 113 cm³/mol. The van der Waals surface area contributed by atoms with Gasteiger partial charge < -0.3 is 10.2 Å². The summed E-state index contributed by atoms with van der Waals surface area (Å²) in [6.07, 6.45) is 5.52. The lowest BCUT2D eigenvalue weighted by molar-refractivity contribution is 0.0977. The molecule has 0 radical (unpaired) electrons. The van der Waals surface area contributed by atoms with Crippen molar-refractivity contribution < 1.29 is 9.21 Å². The monoisotopic (exact) mass is 418 g/mol. The molecule has 0 aliphatic carbocycles. The zero-order chi connectivity index (χ0) is 21.8. The molecule has 1 aromatic carbocycles. The molecule has 0 unspecified atom stereocenters. The van der Waals surface area contributed by atoms with E-state index in [2.05, 4.69) is 15.0 Å². The molecular formula is C21H18N6O4. The van der Waals surface area contributed by atoms with Gasteiger partial charge >= 0.3 is 5.69 Å². The maximum absolute atomic E-state index is 13.2. The highest BCUT2D eigenvalue weighted by molar-refractivity contribution is 6.05. The number of rotatable bonds is 6. The fourth-order valence-electron chi connectivity index (χ4n) is 3.12. The van der Waals surface area contributed by atoms with Crippen LogP contribution in [0, 0.1) is 0 Å². The van der Waals surface area contributed by atoms with E-state index in [1.54, 1.807) is 12.1 Å². The summed E-state index contributed by atoms with van der Waals surface area (Å²) in [6, 6.07) is 12.4. The number of aromatic amines is 1. The first kappa shape index (κ1) is 19.8. The Morgan fingerprint density at radius 2 is 1.94 bits per heavy atom. The van der Waals surface area contributed by atoms with E-state index in [1.807, 2.05) is 30.3 Å². The Balaban J connectivity index is 1.84. The van der Waals surface area contributed by atoms with Crippen molar-refractivity contribution in [2.24, 2.45) is 0 Å². The molecule has 0 bridgehead atoms. The Kier molecular flexibility index (Phi) is 5.43. The second-order valence-corrected chi connectivity index (χ2v) is 6.63. The van der Waals surface area contributed by atoms with Crippen molar-refractivity contribution in [2.45, 2.75) is 13.1 Å². The smallest absolute Gasteiger partial charge is 0.330 e. The highest BCUT2D eigenvalue weighted by Crippen LogP contribution is 2.22. The van der Waals surface area contributed by atoms with Crippen molar-refractivity contribution >= 4 is 17.4 Å². The number of carbonyl (C=O) groups excluding carboxylic acids is 1. The summed E-state index contributed by atoms with van der Waals surface area (Å²) in [5.41, 5.74) is 5.41. The van der Waals surface area contributed by atoms with E-state index in [1.165, 1.54) is 29.4 Å². The first-order valence-electron chi connectivity index (χ1n) is 9.31. The number of furan rings is 1. The molecule has 0 fully saturated rings. The van der Waals surface area contributed by atoms with Gasteiger partial charge in [0.1, 0.15) is 17.3 Å². The lowest BCUT2D eigenvalue weighted by Crippen LogP contribution is -2.41. The fourth-order valence-corrected chi connectivity index (χ4v) is 3.12. The standard InChI is InChI=1S/C21H18N6O4/c22-18-17(19(28)25-21(30)27(18)12-14-5-2-1-3-6-14)26(13-15-7-4-10-31-15)20(29)16-11-23-8-9-24-16/h1-11H,12-13,22H2,(H,25,28,30). The zero-order valence-electron chi connectivity index (χ0n) is 16.3. The second-order valence-electron chi connectivity index (χ2n) is 6.63. The normalized spacial score (nSPS) is 10.7. The van der Waals surface area contributed by atoms with Gasteiger partial charge in [-0.25, -0.2) is 9.78 Å². The zero-order valence-corrected chi connectivity index (χ0v) is 16.3. The molecule has 4 rings (SSSR count). The molecule has 4 aromatic rings. The molecule has 0 saturated carbocycles. The Hall–Kier alpha value is -4.47. The Morgan fingerprint density at radius 3 is 2.61 bits per heavy atom. The third kappa shape index (κ3) is 4.13. The molecule has 156 valence electrons. The summed E-state index contributed by atoms with van der Waals surface area (Å²) >= 11 is 0. The number of nitrogen functional groups attached to an aromatic ring is 1. The van der Waals surface area contributed by atoms with E-state index in [4.69, 9.17) is 10.2 Å². The molecular weight excluding hydrogens is 400 g/mol. The summed E-state index contributed by atoms with van der Waals surface area (Å²) in [5.74, 6) is -0.357. The summed E-state index contributed by atoms with van der Waals surface area (Å²) < 4.78 is 6.55. The van der Waals surface area contributed by atoms with Crippen molar-refractivity contribution in [3.63, 3.8) is 0 Å². The topological polar surface area (TPSA) is 140 Å². The summed E-state index contributed by atoms with van der Waals surface area (Å²) in [4.78, 5) is 49.7. The van der Waals surface area contributed by atoms with Crippen LogP contribution in [0.3, 0.4) is 0 Å². The van der Waals surface area contributed by atoms with Gasteiger partial charge in [0, 0.05) is 12.4 Å². The predicted octanol–water partition coefficient (Wildman–Crippen LogP) is 1.40. The third-order valence-electron chi connectivity index (χ3n) is 4.59. The summed E-state index contributed by atoms with van der Waals surface area (Å²) in [5, 5.41) is 0.